The summed E-state index contributed by atoms with van der Waals surface area (Å²) < 4.78 is 9.65. The number of carboxylic acid groups (broad SMARTS) is 1. The van der Waals surface area contributed by atoms with E-state index in [9.17, 15) is 9.59 Å². The summed E-state index contributed by atoms with van der Waals surface area (Å²) in [7, 11) is 0. The molecule has 0 aliphatic carbocycles. The predicted molar refractivity (Wildman–Crippen MR) is 55.8 cm³/mol. The lowest BCUT2D eigenvalue weighted by Gasteiger charge is -2.12. The molecule has 1 saturated heterocycles. The standard InChI is InChI=1S/C11H14O5/c1-3-4-15-11(14)7(2)9(10(12)13)5-8-6-16-8/h3,8-9H,1-2,4-6H2,(H,12,13). The predicted octanol–water partition coefficient (Wildman–Crippen LogP) is 0.762. The number of carbonyl (C=O) groups is 2. The first-order valence-electron chi connectivity index (χ1n) is 4.87. The largest absolute Gasteiger partial charge is 0.481 e. The highest BCUT2D eigenvalue weighted by molar-refractivity contribution is 5.94. The molecule has 16 heavy (non-hydrogen) atoms. The van der Waals surface area contributed by atoms with Gasteiger partial charge in [-0.1, -0.05) is 19.2 Å². The average molecular weight is 226 g/mol. The van der Waals surface area contributed by atoms with E-state index in [1.807, 2.05) is 0 Å². The van der Waals surface area contributed by atoms with Gasteiger partial charge in [0.15, 0.2) is 0 Å². The van der Waals surface area contributed by atoms with Gasteiger partial charge in [-0.2, -0.15) is 0 Å². The van der Waals surface area contributed by atoms with Crippen molar-refractivity contribution in [3.8, 4) is 0 Å². The van der Waals surface area contributed by atoms with Gasteiger partial charge in [0.05, 0.1) is 18.6 Å². The number of ether oxygens (including phenoxy) is 2. The van der Waals surface area contributed by atoms with Crippen LogP contribution in [0.4, 0.5) is 0 Å². The van der Waals surface area contributed by atoms with E-state index in [-0.39, 0.29) is 24.7 Å². The van der Waals surface area contributed by atoms with E-state index in [1.54, 1.807) is 0 Å². The molecule has 88 valence electrons. The van der Waals surface area contributed by atoms with Gasteiger partial charge in [-0.05, 0) is 6.42 Å². The summed E-state index contributed by atoms with van der Waals surface area (Å²) in [4.78, 5) is 22.3. The maximum absolute atomic E-state index is 11.4. The minimum Gasteiger partial charge on any atom is -0.481 e. The van der Waals surface area contributed by atoms with Crippen LogP contribution in [0.25, 0.3) is 0 Å². The molecule has 0 aromatic rings. The zero-order chi connectivity index (χ0) is 12.1. The van der Waals surface area contributed by atoms with Crippen LogP contribution >= 0.6 is 0 Å². The van der Waals surface area contributed by atoms with Crippen molar-refractivity contribution in [2.75, 3.05) is 13.2 Å². The van der Waals surface area contributed by atoms with Crippen LogP contribution in [0.1, 0.15) is 6.42 Å². The Labute approximate surface area is 93.3 Å². The van der Waals surface area contributed by atoms with Crippen LogP contribution in [0.2, 0.25) is 0 Å². The van der Waals surface area contributed by atoms with Crippen molar-refractivity contribution in [2.45, 2.75) is 12.5 Å². The molecule has 0 radical (unpaired) electrons. The number of esters is 1. The van der Waals surface area contributed by atoms with Crippen LogP contribution in [0.5, 0.6) is 0 Å². The molecule has 1 rings (SSSR count). The van der Waals surface area contributed by atoms with E-state index in [0.717, 1.165) is 0 Å². The lowest BCUT2D eigenvalue weighted by molar-refractivity contribution is -0.145. The van der Waals surface area contributed by atoms with Crippen LogP contribution in [-0.4, -0.2) is 36.4 Å². The average Bonchev–Trinajstić information content (AvgIpc) is 3.04. The summed E-state index contributed by atoms with van der Waals surface area (Å²) >= 11 is 0. The molecule has 0 bridgehead atoms. The SMILES string of the molecule is C=CCOC(=O)C(=C)C(CC1CO1)C(=O)O. The van der Waals surface area contributed by atoms with Crippen molar-refractivity contribution in [3.05, 3.63) is 24.8 Å². The van der Waals surface area contributed by atoms with Crippen molar-refractivity contribution in [3.63, 3.8) is 0 Å². The number of rotatable bonds is 7. The smallest absolute Gasteiger partial charge is 0.334 e. The summed E-state index contributed by atoms with van der Waals surface area (Å²) in [6.07, 6.45) is 1.59. The molecule has 2 unspecified atom stereocenters. The highest BCUT2D eigenvalue weighted by Gasteiger charge is 2.34. The summed E-state index contributed by atoms with van der Waals surface area (Å²) in [6, 6.07) is 0. The number of hydrogen-bond acceptors (Lipinski definition) is 4. The lowest BCUT2D eigenvalue weighted by Crippen LogP contribution is -2.24. The Morgan fingerprint density at radius 1 is 1.62 bits per heavy atom. The lowest BCUT2D eigenvalue weighted by atomic mass is 9.95. The summed E-state index contributed by atoms with van der Waals surface area (Å²) in [5.41, 5.74) is -0.0511. The number of carboxylic acids is 1. The highest BCUT2D eigenvalue weighted by atomic mass is 16.6. The third kappa shape index (κ3) is 3.51. The van der Waals surface area contributed by atoms with Crippen molar-refractivity contribution in [1.29, 1.82) is 0 Å². The molecule has 5 nitrogen and oxygen atoms in total. The molecule has 0 amide bonds. The Hall–Kier alpha value is -1.62. The zero-order valence-corrected chi connectivity index (χ0v) is 8.85. The maximum Gasteiger partial charge on any atom is 0.334 e. The van der Waals surface area contributed by atoms with Crippen LogP contribution in [-0.2, 0) is 19.1 Å². The topological polar surface area (TPSA) is 76.1 Å². The Morgan fingerprint density at radius 3 is 2.69 bits per heavy atom. The molecule has 1 heterocycles. The number of epoxide rings is 1. The van der Waals surface area contributed by atoms with E-state index in [2.05, 4.69) is 13.2 Å². The molecule has 0 spiro atoms. The summed E-state index contributed by atoms with van der Waals surface area (Å²) in [6.45, 7) is 7.44. The fourth-order valence-electron chi connectivity index (χ4n) is 1.23. The summed E-state index contributed by atoms with van der Waals surface area (Å²) in [5, 5.41) is 8.95. The van der Waals surface area contributed by atoms with Crippen molar-refractivity contribution < 1.29 is 24.2 Å². The third-order valence-electron chi connectivity index (χ3n) is 2.21. The monoisotopic (exact) mass is 226 g/mol. The van der Waals surface area contributed by atoms with Crippen molar-refractivity contribution in [2.24, 2.45) is 5.92 Å². The van der Waals surface area contributed by atoms with E-state index in [1.165, 1.54) is 6.08 Å². The first kappa shape index (κ1) is 12.4. The zero-order valence-electron chi connectivity index (χ0n) is 8.85. The van der Waals surface area contributed by atoms with E-state index in [0.29, 0.717) is 6.61 Å². The number of aliphatic carboxylic acids is 1. The Balaban J connectivity index is 2.54. The van der Waals surface area contributed by atoms with Gasteiger partial charge in [-0.3, -0.25) is 4.79 Å². The van der Waals surface area contributed by atoms with Gasteiger partial charge in [0.2, 0.25) is 0 Å². The van der Waals surface area contributed by atoms with Gasteiger partial charge in [0.25, 0.3) is 0 Å². The normalized spacial score (nSPS) is 19.6. The fraction of sp³-hybridized carbons (Fsp3) is 0.455. The molecular weight excluding hydrogens is 212 g/mol. The molecule has 1 fully saturated rings. The fourth-order valence-corrected chi connectivity index (χ4v) is 1.23. The molecule has 0 aromatic carbocycles. The van der Waals surface area contributed by atoms with E-state index >= 15 is 0 Å². The number of carbonyl (C=O) groups excluding carboxylic acids is 1. The Kier molecular flexibility index (Phi) is 4.25. The van der Waals surface area contributed by atoms with Gasteiger partial charge in [0, 0.05) is 5.57 Å². The van der Waals surface area contributed by atoms with Crippen LogP contribution < -0.4 is 0 Å². The molecule has 5 heteroatoms. The molecule has 1 N–H and O–H groups in total. The quantitative estimate of drug-likeness (QED) is 0.300. The second-order valence-corrected chi connectivity index (χ2v) is 3.49. The van der Waals surface area contributed by atoms with Gasteiger partial charge in [-0.15, -0.1) is 0 Å². The molecule has 0 aromatic heterocycles. The highest BCUT2D eigenvalue weighted by Crippen LogP contribution is 2.24. The van der Waals surface area contributed by atoms with Gasteiger partial charge < -0.3 is 14.6 Å². The molecule has 2 atom stereocenters. The minimum atomic E-state index is -1.09. The maximum atomic E-state index is 11.4. The van der Waals surface area contributed by atoms with Crippen LogP contribution in [0.15, 0.2) is 24.8 Å². The first-order chi connectivity index (χ1) is 7.56. The minimum absolute atomic E-state index is 0.0458. The molecule has 0 saturated carbocycles. The Morgan fingerprint density at radius 2 is 2.25 bits per heavy atom. The number of hydrogen-bond donors (Lipinski definition) is 1. The summed E-state index contributed by atoms with van der Waals surface area (Å²) in [5.74, 6) is -2.73. The first-order valence-corrected chi connectivity index (χ1v) is 4.87. The molecule has 1 aliphatic rings. The van der Waals surface area contributed by atoms with E-state index < -0.39 is 17.9 Å². The van der Waals surface area contributed by atoms with E-state index in [4.69, 9.17) is 14.6 Å². The van der Waals surface area contributed by atoms with Crippen molar-refractivity contribution >= 4 is 11.9 Å². The van der Waals surface area contributed by atoms with Crippen LogP contribution in [0.3, 0.4) is 0 Å². The second-order valence-electron chi connectivity index (χ2n) is 3.49. The van der Waals surface area contributed by atoms with Crippen LogP contribution in [0, 0.1) is 5.92 Å². The third-order valence-corrected chi connectivity index (χ3v) is 2.21. The second kappa shape index (κ2) is 5.46. The van der Waals surface area contributed by atoms with Gasteiger partial charge >= 0.3 is 11.9 Å². The Bertz CT molecular complexity index is 316. The molecule has 1 aliphatic heterocycles. The van der Waals surface area contributed by atoms with Crippen molar-refractivity contribution in [1.82, 2.24) is 0 Å². The molecular formula is C11H14O5. The van der Waals surface area contributed by atoms with Gasteiger partial charge in [0.1, 0.15) is 6.61 Å². The van der Waals surface area contributed by atoms with Gasteiger partial charge in [-0.25, -0.2) is 4.79 Å².